The maximum atomic E-state index is 11.8. The first kappa shape index (κ1) is 16.5. The van der Waals surface area contributed by atoms with Crippen molar-refractivity contribution in [1.82, 2.24) is 5.32 Å². The number of amides is 1. The van der Waals surface area contributed by atoms with Gasteiger partial charge in [-0.15, -0.1) is 0 Å². The van der Waals surface area contributed by atoms with Gasteiger partial charge in [0.2, 0.25) is 0 Å². The number of ether oxygens (including phenoxy) is 1. The van der Waals surface area contributed by atoms with Crippen molar-refractivity contribution in [2.75, 3.05) is 13.2 Å². The van der Waals surface area contributed by atoms with Gasteiger partial charge in [0.05, 0.1) is 12.6 Å². The third kappa shape index (κ3) is 6.06. The van der Waals surface area contributed by atoms with Crippen LogP contribution >= 0.6 is 0 Å². The van der Waals surface area contributed by atoms with Crippen molar-refractivity contribution < 1.29 is 14.6 Å². The summed E-state index contributed by atoms with van der Waals surface area (Å²) < 4.78 is 5.49. The molecule has 4 heteroatoms. The van der Waals surface area contributed by atoms with Crippen molar-refractivity contribution in [2.45, 2.75) is 40.2 Å². The van der Waals surface area contributed by atoms with Crippen LogP contribution in [0, 0.1) is 19.8 Å². The number of benzene rings is 1. The summed E-state index contributed by atoms with van der Waals surface area (Å²) >= 11 is 0. The Morgan fingerprint density at radius 2 is 1.85 bits per heavy atom. The fourth-order valence-electron chi connectivity index (χ4n) is 2.18. The van der Waals surface area contributed by atoms with Crippen molar-refractivity contribution in [3.05, 3.63) is 29.3 Å². The molecule has 0 aromatic heterocycles. The molecule has 1 amide bonds. The number of rotatable bonds is 7. The van der Waals surface area contributed by atoms with E-state index >= 15 is 0 Å². The quantitative estimate of drug-likeness (QED) is 0.804. The molecule has 0 aliphatic rings. The predicted molar refractivity (Wildman–Crippen MR) is 79.9 cm³/mol. The molecule has 20 heavy (non-hydrogen) atoms. The van der Waals surface area contributed by atoms with Gasteiger partial charge in [0.1, 0.15) is 5.75 Å². The molecule has 0 bridgehead atoms. The van der Waals surface area contributed by atoms with Crippen LogP contribution < -0.4 is 10.1 Å². The van der Waals surface area contributed by atoms with E-state index in [-0.39, 0.29) is 25.2 Å². The molecule has 0 fully saturated rings. The third-order valence-electron chi connectivity index (χ3n) is 2.91. The highest BCUT2D eigenvalue weighted by atomic mass is 16.5. The van der Waals surface area contributed by atoms with Gasteiger partial charge in [-0.2, -0.15) is 0 Å². The zero-order chi connectivity index (χ0) is 15.1. The molecule has 0 aliphatic heterocycles. The molecule has 4 nitrogen and oxygen atoms in total. The van der Waals surface area contributed by atoms with E-state index in [0.717, 1.165) is 17.5 Å². The second-order valence-electron chi connectivity index (χ2n) is 5.69. The largest absolute Gasteiger partial charge is 0.484 e. The highest BCUT2D eigenvalue weighted by Crippen LogP contribution is 2.16. The Morgan fingerprint density at radius 3 is 2.35 bits per heavy atom. The fourth-order valence-corrected chi connectivity index (χ4v) is 2.18. The molecule has 1 aromatic rings. The van der Waals surface area contributed by atoms with Crippen molar-refractivity contribution in [1.29, 1.82) is 0 Å². The molecule has 0 spiro atoms. The second kappa shape index (κ2) is 7.90. The standard InChI is InChI=1S/C16H25NO3/c1-11(2)5-14(9-18)17-16(19)10-20-15-7-12(3)6-13(4)8-15/h6-8,11,14,18H,5,9-10H2,1-4H3,(H,17,19). The van der Waals surface area contributed by atoms with Crippen LogP contribution in [0.5, 0.6) is 5.75 Å². The molecular weight excluding hydrogens is 254 g/mol. The average Bonchev–Trinajstić information content (AvgIpc) is 2.34. The Kier molecular flexibility index (Phi) is 6.52. The highest BCUT2D eigenvalue weighted by Gasteiger charge is 2.13. The molecule has 0 aliphatic carbocycles. The first-order valence-electron chi connectivity index (χ1n) is 7.02. The number of aliphatic hydroxyl groups is 1. The summed E-state index contributed by atoms with van der Waals surface area (Å²) in [7, 11) is 0. The van der Waals surface area contributed by atoms with Crippen molar-refractivity contribution in [2.24, 2.45) is 5.92 Å². The number of hydrogen-bond acceptors (Lipinski definition) is 3. The highest BCUT2D eigenvalue weighted by molar-refractivity contribution is 5.77. The van der Waals surface area contributed by atoms with Crippen LogP contribution in [0.1, 0.15) is 31.4 Å². The lowest BCUT2D eigenvalue weighted by molar-refractivity contribution is -0.124. The number of carbonyl (C=O) groups excluding carboxylic acids is 1. The topological polar surface area (TPSA) is 58.6 Å². The Balaban J connectivity index is 2.46. The monoisotopic (exact) mass is 279 g/mol. The Morgan fingerprint density at radius 1 is 1.25 bits per heavy atom. The Bertz CT molecular complexity index is 423. The number of nitrogens with one attached hydrogen (secondary N) is 1. The van der Waals surface area contributed by atoms with Gasteiger partial charge >= 0.3 is 0 Å². The lowest BCUT2D eigenvalue weighted by atomic mass is 10.0. The van der Waals surface area contributed by atoms with Crippen LogP contribution in [0.25, 0.3) is 0 Å². The Labute approximate surface area is 121 Å². The van der Waals surface area contributed by atoms with E-state index in [4.69, 9.17) is 4.74 Å². The summed E-state index contributed by atoms with van der Waals surface area (Å²) in [5.41, 5.74) is 2.21. The second-order valence-corrected chi connectivity index (χ2v) is 5.69. The van der Waals surface area contributed by atoms with Crippen LogP contribution in [0.3, 0.4) is 0 Å². The van der Waals surface area contributed by atoms with Gasteiger partial charge in [-0.05, 0) is 49.4 Å². The maximum Gasteiger partial charge on any atom is 0.258 e. The fraction of sp³-hybridized carbons (Fsp3) is 0.562. The molecule has 1 rings (SSSR count). The van der Waals surface area contributed by atoms with E-state index < -0.39 is 0 Å². The normalized spacial score (nSPS) is 12.3. The summed E-state index contributed by atoms with van der Waals surface area (Å²) in [6.07, 6.45) is 0.756. The molecular formula is C16H25NO3. The summed E-state index contributed by atoms with van der Waals surface area (Å²) in [5.74, 6) is 0.915. The van der Waals surface area contributed by atoms with Crippen LogP contribution in [-0.2, 0) is 4.79 Å². The minimum Gasteiger partial charge on any atom is -0.484 e. The average molecular weight is 279 g/mol. The molecule has 0 saturated heterocycles. The molecule has 112 valence electrons. The SMILES string of the molecule is Cc1cc(C)cc(OCC(=O)NC(CO)CC(C)C)c1. The molecule has 1 unspecified atom stereocenters. The third-order valence-corrected chi connectivity index (χ3v) is 2.91. The number of aryl methyl sites for hydroxylation is 2. The predicted octanol–water partition coefficient (Wildman–Crippen LogP) is 2.21. The van der Waals surface area contributed by atoms with Gasteiger partial charge in [0.25, 0.3) is 5.91 Å². The minimum atomic E-state index is -0.205. The van der Waals surface area contributed by atoms with E-state index in [1.54, 1.807) is 0 Å². The zero-order valence-electron chi connectivity index (χ0n) is 12.8. The van der Waals surface area contributed by atoms with E-state index in [0.29, 0.717) is 11.7 Å². The molecule has 0 heterocycles. The molecule has 0 radical (unpaired) electrons. The smallest absolute Gasteiger partial charge is 0.258 e. The van der Waals surface area contributed by atoms with Gasteiger partial charge in [-0.25, -0.2) is 0 Å². The van der Waals surface area contributed by atoms with Gasteiger partial charge in [-0.3, -0.25) is 4.79 Å². The lowest BCUT2D eigenvalue weighted by Crippen LogP contribution is -2.40. The molecule has 1 atom stereocenters. The van der Waals surface area contributed by atoms with Gasteiger partial charge < -0.3 is 15.2 Å². The molecule has 0 saturated carbocycles. The number of hydrogen-bond donors (Lipinski definition) is 2. The summed E-state index contributed by atoms with van der Waals surface area (Å²) in [4.78, 5) is 11.8. The van der Waals surface area contributed by atoms with Crippen molar-refractivity contribution >= 4 is 5.91 Å². The molecule has 2 N–H and O–H groups in total. The van der Waals surface area contributed by atoms with Crippen LogP contribution in [0.15, 0.2) is 18.2 Å². The molecule has 1 aromatic carbocycles. The number of aliphatic hydroxyl groups excluding tert-OH is 1. The van der Waals surface area contributed by atoms with Gasteiger partial charge in [0.15, 0.2) is 6.61 Å². The number of carbonyl (C=O) groups is 1. The Hall–Kier alpha value is -1.55. The van der Waals surface area contributed by atoms with Crippen LogP contribution in [0.4, 0.5) is 0 Å². The lowest BCUT2D eigenvalue weighted by Gasteiger charge is -2.18. The van der Waals surface area contributed by atoms with Crippen molar-refractivity contribution in [3.8, 4) is 5.75 Å². The summed E-state index contributed by atoms with van der Waals surface area (Å²) in [6.45, 7) is 8.02. The van der Waals surface area contributed by atoms with Crippen LogP contribution in [-0.4, -0.2) is 30.3 Å². The summed E-state index contributed by atoms with van der Waals surface area (Å²) in [5, 5.41) is 12.0. The zero-order valence-corrected chi connectivity index (χ0v) is 12.8. The van der Waals surface area contributed by atoms with E-state index in [2.05, 4.69) is 25.2 Å². The van der Waals surface area contributed by atoms with Crippen LogP contribution in [0.2, 0.25) is 0 Å². The summed E-state index contributed by atoms with van der Waals surface area (Å²) in [6, 6.07) is 5.65. The first-order chi connectivity index (χ1) is 9.40. The van der Waals surface area contributed by atoms with Crippen molar-refractivity contribution in [3.63, 3.8) is 0 Å². The van der Waals surface area contributed by atoms with Gasteiger partial charge in [-0.1, -0.05) is 19.9 Å². The first-order valence-corrected chi connectivity index (χ1v) is 7.02. The van der Waals surface area contributed by atoms with E-state index in [9.17, 15) is 9.90 Å². The van der Waals surface area contributed by atoms with E-state index in [1.807, 2.05) is 26.0 Å². The van der Waals surface area contributed by atoms with Gasteiger partial charge in [0, 0.05) is 0 Å². The minimum absolute atomic E-state index is 0.0303. The van der Waals surface area contributed by atoms with E-state index in [1.165, 1.54) is 0 Å². The maximum absolute atomic E-state index is 11.8.